The second-order valence-electron chi connectivity index (χ2n) is 4.69. The Morgan fingerprint density at radius 2 is 2.11 bits per heavy atom. The van der Waals surface area contributed by atoms with E-state index in [1.807, 2.05) is 6.07 Å². The number of rotatable bonds is 4. The molecule has 0 saturated carbocycles. The number of phenols is 1. The zero-order valence-electron chi connectivity index (χ0n) is 11.1. The van der Waals surface area contributed by atoms with Gasteiger partial charge in [-0.1, -0.05) is 18.2 Å². The Bertz CT molecular complexity index is 430. The molecule has 2 N–H and O–H groups in total. The summed E-state index contributed by atoms with van der Waals surface area (Å²) in [5.74, 6) is -0.600. The fourth-order valence-corrected chi connectivity index (χ4v) is 2.38. The average molecular weight is 264 g/mol. The van der Waals surface area contributed by atoms with Gasteiger partial charge < -0.3 is 15.2 Å². The van der Waals surface area contributed by atoms with Gasteiger partial charge in [-0.3, -0.25) is 9.69 Å². The van der Waals surface area contributed by atoms with Crippen LogP contribution >= 0.6 is 0 Å². The SMILES string of the molecule is COC(=O)C(CN1CCNCC1)c1ccccc1O. The first kappa shape index (κ1) is 13.8. The molecule has 5 heteroatoms. The van der Waals surface area contributed by atoms with Crippen LogP contribution in [0.25, 0.3) is 0 Å². The third-order valence-electron chi connectivity index (χ3n) is 3.45. The minimum Gasteiger partial charge on any atom is -0.508 e. The van der Waals surface area contributed by atoms with Crippen LogP contribution in [0.5, 0.6) is 5.75 Å². The maximum Gasteiger partial charge on any atom is 0.314 e. The lowest BCUT2D eigenvalue weighted by Crippen LogP contribution is -2.45. The van der Waals surface area contributed by atoms with E-state index in [1.54, 1.807) is 18.2 Å². The van der Waals surface area contributed by atoms with Crippen molar-refractivity contribution >= 4 is 5.97 Å². The first-order valence-corrected chi connectivity index (χ1v) is 6.51. The Morgan fingerprint density at radius 1 is 1.42 bits per heavy atom. The summed E-state index contributed by atoms with van der Waals surface area (Å²) in [6.45, 7) is 4.23. The normalized spacial score (nSPS) is 17.9. The van der Waals surface area contributed by atoms with Gasteiger partial charge in [0.1, 0.15) is 5.75 Å². The molecule has 0 aromatic heterocycles. The number of carbonyl (C=O) groups is 1. The summed E-state index contributed by atoms with van der Waals surface area (Å²) in [4.78, 5) is 14.2. The van der Waals surface area contributed by atoms with E-state index >= 15 is 0 Å². The van der Waals surface area contributed by atoms with Crippen LogP contribution in [0.15, 0.2) is 24.3 Å². The summed E-state index contributed by atoms with van der Waals surface area (Å²) >= 11 is 0. The van der Waals surface area contributed by atoms with Crippen LogP contribution in [-0.2, 0) is 9.53 Å². The average Bonchev–Trinajstić information content (AvgIpc) is 2.46. The van der Waals surface area contributed by atoms with Crippen LogP contribution in [0.1, 0.15) is 11.5 Å². The zero-order valence-corrected chi connectivity index (χ0v) is 11.1. The molecule has 2 rings (SSSR count). The number of hydrogen-bond acceptors (Lipinski definition) is 5. The second kappa shape index (κ2) is 6.54. The number of nitrogens with zero attached hydrogens (tertiary/aromatic N) is 1. The Morgan fingerprint density at radius 3 is 2.74 bits per heavy atom. The van der Waals surface area contributed by atoms with Crippen molar-refractivity contribution in [2.45, 2.75) is 5.92 Å². The molecule has 1 heterocycles. The molecule has 104 valence electrons. The van der Waals surface area contributed by atoms with Crippen molar-refractivity contribution in [3.8, 4) is 5.75 Å². The monoisotopic (exact) mass is 264 g/mol. The zero-order chi connectivity index (χ0) is 13.7. The van der Waals surface area contributed by atoms with Gasteiger partial charge in [0.15, 0.2) is 0 Å². The lowest BCUT2D eigenvalue weighted by Gasteiger charge is -2.30. The van der Waals surface area contributed by atoms with Crippen molar-refractivity contribution in [1.82, 2.24) is 10.2 Å². The first-order valence-electron chi connectivity index (χ1n) is 6.51. The number of piperazine rings is 1. The summed E-state index contributed by atoms with van der Waals surface area (Å²) in [5, 5.41) is 13.2. The number of phenolic OH excluding ortho intramolecular Hbond substituents is 1. The highest BCUT2D eigenvalue weighted by Crippen LogP contribution is 2.27. The lowest BCUT2D eigenvalue weighted by atomic mass is 9.97. The van der Waals surface area contributed by atoms with Gasteiger partial charge in [0.05, 0.1) is 13.0 Å². The molecule has 1 fully saturated rings. The molecule has 1 saturated heterocycles. The Kier molecular flexibility index (Phi) is 4.76. The lowest BCUT2D eigenvalue weighted by molar-refractivity contribution is -0.143. The molecule has 1 aliphatic rings. The largest absolute Gasteiger partial charge is 0.508 e. The van der Waals surface area contributed by atoms with Gasteiger partial charge in [-0.25, -0.2) is 0 Å². The second-order valence-corrected chi connectivity index (χ2v) is 4.69. The number of nitrogens with one attached hydrogen (secondary N) is 1. The molecule has 5 nitrogen and oxygen atoms in total. The number of hydrogen-bond donors (Lipinski definition) is 2. The van der Waals surface area contributed by atoms with Crippen LogP contribution in [-0.4, -0.2) is 55.8 Å². The topological polar surface area (TPSA) is 61.8 Å². The number of para-hydroxylation sites is 1. The minimum absolute atomic E-state index is 0.146. The van der Waals surface area contributed by atoms with E-state index in [4.69, 9.17) is 4.74 Å². The summed E-state index contributed by atoms with van der Waals surface area (Å²) in [5.41, 5.74) is 0.632. The predicted molar refractivity (Wildman–Crippen MR) is 72.2 cm³/mol. The van der Waals surface area contributed by atoms with E-state index in [2.05, 4.69) is 10.2 Å². The van der Waals surface area contributed by atoms with Crippen LogP contribution in [0.2, 0.25) is 0 Å². The van der Waals surface area contributed by atoms with Gasteiger partial charge in [-0.05, 0) is 6.07 Å². The van der Waals surface area contributed by atoms with Crippen LogP contribution in [0, 0.1) is 0 Å². The molecule has 1 aliphatic heterocycles. The van der Waals surface area contributed by atoms with Crippen molar-refractivity contribution in [3.05, 3.63) is 29.8 Å². The summed E-state index contributed by atoms with van der Waals surface area (Å²) < 4.78 is 4.87. The predicted octanol–water partition coefficient (Wildman–Crippen LogP) is 0.554. The number of benzene rings is 1. The van der Waals surface area contributed by atoms with Gasteiger partial charge in [-0.2, -0.15) is 0 Å². The van der Waals surface area contributed by atoms with E-state index < -0.39 is 5.92 Å². The van der Waals surface area contributed by atoms with E-state index in [0.717, 1.165) is 26.2 Å². The minimum atomic E-state index is -0.440. The van der Waals surface area contributed by atoms with Gasteiger partial charge in [0, 0.05) is 38.3 Å². The highest BCUT2D eigenvalue weighted by molar-refractivity contribution is 5.79. The van der Waals surface area contributed by atoms with Crippen molar-refractivity contribution < 1.29 is 14.6 Å². The number of ether oxygens (including phenoxy) is 1. The van der Waals surface area contributed by atoms with Crippen molar-refractivity contribution in [3.63, 3.8) is 0 Å². The molecule has 0 spiro atoms. The smallest absolute Gasteiger partial charge is 0.314 e. The molecular weight excluding hydrogens is 244 g/mol. The molecule has 1 unspecified atom stereocenters. The number of aromatic hydroxyl groups is 1. The molecule has 19 heavy (non-hydrogen) atoms. The highest BCUT2D eigenvalue weighted by Gasteiger charge is 2.27. The third-order valence-corrected chi connectivity index (χ3v) is 3.45. The summed E-state index contributed by atoms with van der Waals surface area (Å²) in [6.07, 6.45) is 0. The molecule has 0 radical (unpaired) electrons. The fourth-order valence-electron chi connectivity index (χ4n) is 2.38. The molecule has 1 atom stereocenters. The van der Waals surface area contributed by atoms with Gasteiger partial charge in [0.25, 0.3) is 0 Å². The van der Waals surface area contributed by atoms with Gasteiger partial charge >= 0.3 is 5.97 Å². The van der Waals surface area contributed by atoms with E-state index in [9.17, 15) is 9.90 Å². The van der Waals surface area contributed by atoms with Crippen molar-refractivity contribution in [2.24, 2.45) is 0 Å². The van der Waals surface area contributed by atoms with Crippen molar-refractivity contribution in [2.75, 3.05) is 39.8 Å². The maximum absolute atomic E-state index is 12.0. The molecule has 1 aromatic rings. The van der Waals surface area contributed by atoms with Gasteiger partial charge in [0.2, 0.25) is 0 Å². The van der Waals surface area contributed by atoms with Gasteiger partial charge in [-0.15, -0.1) is 0 Å². The third kappa shape index (κ3) is 3.45. The van der Waals surface area contributed by atoms with Crippen LogP contribution in [0.3, 0.4) is 0 Å². The quantitative estimate of drug-likeness (QED) is 0.778. The maximum atomic E-state index is 12.0. The summed E-state index contributed by atoms with van der Waals surface area (Å²) in [6, 6.07) is 6.95. The van der Waals surface area contributed by atoms with E-state index in [1.165, 1.54) is 7.11 Å². The van der Waals surface area contributed by atoms with E-state index in [0.29, 0.717) is 12.1 Å². The Balaban J connectivity index is 2.16. The van der Waals surface area contributed by atoms with Crippen LogP contribution < -0.4 is 5.32 Å². The molecule has 0 aliphatic carbocycles. The Hall–Kier alpha value is -1.59. The highest BCUT2D eigenvalue weighted by atomic mass is 16.5. The molecular formula is C14H20N2O3. The van der Waals surface area contributed by atoms with Crippen molar-refractivity contribution in [1.29, 1.82) is 0 Å². The molecule has 0 bridgehead atoms. The Labute approximate surface area is 113 Å². The van der Waals surface area contributed by atoms with E-state index in [-0.39, 0.29) is 11.7 Å². The standard InChI is InChI=1S/C14H20N2O3/c1-19-14(18)12(10-16-8-6-15-7-9-16)11-4-2-3-5-13(11)17/h2-5,12,15,17H,6-10H2,1H3. The first-order chi connectivity index (χ1) is 9.22. The van der Waals surface area contributed by atoms with Crippen LogP contribution in [0.4, 0.5) is 0 Å². The number of methoxy groups -OCH3 is 1. The molecule has 0 amide bonds. The number of esters is 1. The number of carbonyl (C=O) groups excluding carboxylic acids is 1. The molecule has 1 aromatic carbocycles. The summed E-state index contributed by atoms with van der Waals surface area (Å²) in [7, 11) is 1.38. The fraction of sp³-hybridized carbons (Fsp3) is 0.500.